The molecule has 0 bridgehead atoms. The van der Waals surface area contributed by atoms with Gasteiger partial charge in [0.2, 0.25) is 0 Å². The van der Waals surface area contributed by atoms with E-state index in [-0.39, 0.29) is 18.2 Å². The first-order chi connectivity index (χ1) is 10.3. The molecule has 1 amide bonds. The predicted molar refractivity (Wildman–Crippen MR) is 79.7 cm³/mol. The summed E-state index contributed by atoms with van der Waals surface area (Å²) in [4.78, 5) is 26.2. The lowest BCUT2D eigenvalue weighted by molar-refractivity contribution is -0.0322. The minimum Gasteiger partial charge on any atom is -0.444 e. The zero-order valence-corrected chi connectivity index (χ0v) is 13.5. The van der Waals surface area contributed by atoms with Crippen molar-refractivity contribution >= 4 is 11.9 Å². The topological polar surface area (TPSA) is 73.7 Å². The number of hydrogen-bond acceptors (Lipinski definition) is 5. The van der Waals surface area contributed by atoms with E-state index in [9.17, 15) is 9.59 Å². The Kier molecular flexibility index (Phi) is 4.85. The summed E-state index contributed by atoms with van der Waals surface area (Å²) >= 11 is 0. The summed E-state index contributed by atoms with van der Waals surface area (Å²) in [6, 6.07) is 1.36. The van der Waals surface area contributed by atoms with Crippen LogP contribution in [0.1, 0.15) is 37.7 Å². The third-order valence-electron chi connectivity index (χ3n) is 3.38. The highest BCUT2D eigenvalue weighted by atomic mass is 16.6. The van der Waals surface area contributed by atoms with Crippen LogP contribution in [0.25, 0.3) is 0 Å². The van der Waals surface area contributed by atoms with Gasteiger partial charge in [-0.25, -0.2) is 4.79 Å². The number of aryl methyl sites for hydroxylation is 1. The van der Waals surface area contributed by atoms with E-state index < -0.39 is 11.7 Å². The summed E-state index contributed by atoms with van der Waals surface area (Å²) in [5.74, 6) is -0.0657. The van der Waals surface area contributed by atoms with Crippen LogP contribution in [0.4, 0.5) is 4.79 Å². The molecule has 7 heteroatoms. The second-order valence-corrected chi connectivity index (χ2v) is 6.37. The molecule has 1 aliphatic rings. The second kappa shape index (κ2) is 6.48. The van der Waals surface area contributed by atoms with Gasteiger partial charge in [0, 0.05) is 26.2 Å². The number of aromatic nitrogens is 2. The first-order valence-corrected chi connectivity index (χ1v) is 7.36. The molecule has 0 radical (unpaired) electrons. The molecule has 0 aromatic carbocycles. The van der Waals surface area contributed by atoms with E-state index >= 15 is 0 Å². The van der Waals surface area contributed by atoms with Gasteiger partial charge in [-0.05, 0) is 26.8 Å². The average molecular weight is 309 g/mol. The highest BCUT2D eigenvalue weighted by Crippen LogP contribution is 2.18. The number of morpholine rings is 1. The van der Waals surface area contributed by atoms with E-state index in [1.54, 1.807) is 24.2 Å². The Hall–Kier alpha value is -1.89. The van der Waals surface area contributed by atoms with Gasteiger partial charge < -0.3 is 14.4 Å². The number of carbonyl (C=O) groups excluding carboxylic acids is 2. The molecule has 0 spiro atoms. The zero-order chi connectivity index (χ0) is 16.3. The van der Waals surface area contributed by atoms with E-state index in [1.807, 2.05) is 20.8 Å². The maximum absolute atomic E-state index is 12.4. The second-order valence-electron chi connectivity index (χ2n) is 6.37. The van der Waals surface area contributed by atoms with E-state index in [0.717, 1.165) is 0 Å². The van der Waals surface area contributed by atoms with Crippen LogP contribution in [0.2, 0.25) is 0 Å². The van der Waals surface area contributed by atoms with E-state index in [2.05, 4.69) is 5.10 Å². The van der Waals surface area contributed by atoms with Crippen molar-refractivity contribution in [1.29, 1.82) is 0 Å². The van der Waals surface area contributed by atoms with Crippen molar-refractivity contribution in [3.63, 3.8) is 0 Å². The summed E-state index contributed by atoms with van der Waals surface area (Å²) in [7, 11) is 1.72. The van der Waals surface area contributed by atoms with Crippen LogP contribution in [0.15, 0.2) is 12.3 Å². The van der Waals surface area contributed by atoms with Crippen LogP contribution in [-0.4, -0.2) is 58.0 Å². The molecule has 0 aliphatic carbocycles. The fourth-order valence-corrected chi connectivity index (χ4v) is 2.35. The molecular formula is C15H23N3O4. The molecule has 1 fully saturated rings. The number of Topliss-reactive ketones (excluding diaryl/α,β-unsaturated/α-hetero) is 1. The fourth-order valence-electron chi connectivity index (χ4n) is 2.35. The van der Waals surface area contributed by atoms with Gasteiger partial charge in [-0.15, -0.1) is 0 Å². The number of ketones is 1. The Morgan fingerprint density at radius 1 is 1.45 bits per heavy atom. The first-order valence-electron chi connectivity index (χ1n) is 7.36. The summed E-state index contributed by atoms with van der Waals surface area (Å²) in [5, 5.41) is 3.99. The zero-order valence-electron chi connectivity index (χ0n) is 13.5. The number of nitrogens with zero attached hydrogens (tertiary/aromatic N) is 3. The molecule has 0 saturated carbocycles. The van der Waals surface area contributed by atoms with Crippen molar-refractivity contribution in [3.05, 3.63) is 18.0 Å². The van der Waals surface area contributed by atoms with Crippen molar-refractivity contribution in [2.45, 2.75) is 38.8 Å². The normalized spacial score (nSPS) is 19.1. The van der Waals surface area contributed by atoms with Crippen LogP contribution in [0, 0.1) is 0 Å². The molecule has 22 heavy (non-hydrogen) atoms. The molecule has 2 heterocycles. The molecule has 1 aromatic heterocycles. The van der Waals surface area contributed by atoms with E-state index in [1.165, 1.54) is 4.68 Å². The molecule has 1 aliphatic heterocycles. The van der Waals surface area contributed by atoms with Crippen molar-refractivity contribution in [2.75, 3.05) is 19.8 Å². The van der Waals surface area contributed by atoms with E-state index in [4.69, 9.17) is 9.47 Å². The van der Waals surface area contributed by atoms with Crippen LogP contribution in [0.3, 0.4) is 0 Å². The summed E-state index contributed by atoms with van der Waals surface area (Å²) in [6.07, 6.45) is 1.37. The largest absolute Gasteiger partial charge is 0.444 e. The lowest BCUT2D eigenvalue weighted by Crippen LogP contribution is -2.51. The first kappa shape index (κ1) is 16.5. The number of amides is 1. The van der Waals surface area contributed by atoms with Crippen molar-refractivity contribution < 1.29 is 19.1 Å². The Morgan fingerprint density at radius 2 is 2.18 bits per heavy atom. The van der Waals surface area contributed by atoms with Crippen LogP contribution in [-0.2, 0) is 16.5 Å². The highest BCUT2D eigenvalue weighted by molar-refractivity contribution is 5.95. The SMILES string of the molecule is Cn1nccc1C(=O)CC1COCCN1C(=O)OC(C)(C)C. The average Bonchev–Trinajstić information content (AvgIpc) is 2.83. The molecule has 122 valence electrons. The van der Waals surface area contributed by atoms with E-state index in [0.29, 0.717) is 25.5 Å². The van der Waals surface area contributed by atoms with Gasteiger partial charge in [0.1, 0.15) is 11.3 Å². The maximum Gasteiger partial charge on any atom is 0.410 e. The monoisotopic (exact) mass is 309 g/mol. The van der Waals surface area contributed by atoms with Gasteiger partial charge in [0.15, 0.2) is 5.78 Å². The van der Waals surface area contributed by atoms with Crippen molar-refractivity contribution in [3.8, 4) is 0 Å². The molecule has 2 rings (SSSR count). The fraction of sp³-hybridized carbons (Fsp3) is 0.667. The third kappa shape index (κ3) is 4.07. The summed E-state index contributed by atoms with van der Waals surface area (Å²) in [5.41, 5.74) is -0.0406. The van der Waals surface area contributed by atoms with Gasteiger partial charge in [0.25, 0.3) is 0 Å². The number of carbonyl (C=O) groups is 2. The Labute approximate surface area is 130 Å². The van der Waals surface area contributed by atoms with Gasteiger partial charge in [0.05, 0.1) is 19.3 Å². The Bertz CT molecular complexity index is 547. The van der Waals surface area contributed by atoms with Gasteiger partial charge in [-0.1, -0.05) is 0 Å². The molecule has 1 aromatic rings. The number of hydrogen-bond donors (Lipinski definition) is 0. The van der Waals surface area contributed by atoms with Crippen molar-refractivity contribution in [2.24, 2.45) is 7.05 Å². The number of rotatable bonds is 3. The highest BCUT2D eigenvalue weighted by Gasteiger charge is 2.32. The van der Waals surface area contributed by atoms with Gasteiger partial charge in [-0.3, -0.25) is 9.48 Å². The lowest BCUT2D eigenvalue weighted by atomic mass is 10.1. The molecular weight excluding hydrogens is 286 g/mol. The molecule has 7 nitrogen and oxygen atoms in total. The van der Waals surface area contributed by atoms with Gasteiger partial charge >= 0.3 is 6.09 Å². The van der Waals surface area contributed by atoms with Gasteiger partial charge in [-0.2, -0.15) is 5.10 Å². The summed E-state index contributed by atoms with van der Waals surface area (Å²) < 4.78 is 12.4. The molecule has 0 N–H and O–H groups in total. The Balaban J connectivity index is 2.05. The predicted octanol–water partition coefficient (Wildman–Crippen LogP) is 1.63. The maximum atomic E-state index is 12.4. The van der Waals surface area contributed by atoms with Crippen LogP contribution in [0.5, 0.6) is 0 Å². The molecule has 1 unspecified atom stereocenters. The smallest absolute Gasteiger partial charge is 0.410 e. The molecule has 1 atom stereocenters. The lowest BCUT2D eigenvalue weighted by Gasteiger charge is -2.36. The minimum absolute atomic E-state index is 0.0657. The Morgan fingerprint density at radius 3 is 2.77 bits per heavy atom. The van der Waals surface area contributed by atoms with Crippen LogP contribution < -0.4 is 0 Å². The standard InChI is InChI=1S/C15H23N3O4/c1-15(2,3)22-14(20)18-7-8-21-10-11(18)9-13(19)12-5-6-16-17(12)4/h5-6,11H,7-10H2,1-4H3. The van der Waals surface area contributed by atoms with Crippen molar-refractivity contribution in [1.82, 2.24) is 14.7 Å². The quantitative estimate of drug-likeness (QED) is 0.793. The third-order valence-corrected chi connectivity index (χ3v) is 3.38. The molecule has 1 saturated heterocycles. The van der Waals surface area contributed by atoms with Crippen LogP contribution >= 0.6 is 0 Å². The number of ether oxygens (including phenoxy) is 2. The minimum atomic E-state index is -0.564. The summed E-state index contributed by atoms with van der Waals surface area (Å²) in [6.45, 7) is 6.68.